The van der Waals surface area contributed by atoms with Gasteiger partial charge in [0.25, 0.3) is 0 Å². The van der Waals surface area contributed by atoms with Gasteiger partial charge in [-0.3, -0.25) is 0 Å². The van der Waals surface area contributed by atoms with E-state index < -0.39 is 0 Å². The van der Waals surface area contributed by atoms with Gasteiger partial charge in [-0.05, 0) is 42.9 Å². The summed E-state index contributed by atoms with van der Waals surface area (Å²) in [4.78, 5) is 0. The van der Waals surface area contributed by atoms with Crippen molar-refractivity contribution < 1.29 is 4.42 Å². The predicted molar refractivity (Wildman–Crippen MR) is 85.6 cm³/mol. The van der Waals surface area contributed by atoms with Crippen LogP contribution in [0.4, 0.5) is 0 Å². The molecule has 0 spiro atoms. The number of benzene rings is 1. The Morgan fingerprint density at radius 3 is 2.20 bits per heavy atom. The summed E-state index contributed by atoms with van der Waals surface area (Å²) in [6.07, 6.45) is 1.12. The van der Waals surface area contributed by atoms with Gasteiger partial charge in [0.2, 0.25) is 0 Å². The molecule has 0 fully saturated rings. The Bertz CT molecular complexity index is 578. The average molecular weight is 291 g/mol. The van der Waals surface area contributed by atoms with Gasteiger partial charge in [0.1, 0.15) is 11.5 Å². The number of hydrogen-bond donors (Lipinski definition) is 0. The minimum Gasteiger partial charge on any atom is -0.466 e. The van der Waals surface area contributed by atoms with Crippen molar-refractivity contribution in [2.24, 2.45) is 0 Å². The number of halogens is 1. The maximum absolute atomic E-state index is 6.59. The van der Waals surface area contributed by atoms with E-state index in [9.17, 15) is 0 Å². The minimum absolute atomic E-state index is 0.147. The molecule has 0 amide bonds. The van der Waals surface area contributed by atoms with Crippen LogP contribution in [0, 0.1) is 13.8 Å². The third-order valence-corrected chi connectivity index (χ3v) is 4.71. The van der Waals surface area contributed by atoms with E-state index in [1.807, 2.05) is 19.9 Å². The van der Waals surface area contributed by atoms with Crippen LogP contribution >= 0.6 is 11.6 Å². The van der Waals surface area contributed by atoms with Crippen LogP contribution in [0.2, 0.25) is 0 Å². The molecule has 2 aromatic rings. The first-order valence-corrected chi connectivity index (χ1v) is 7.60. The summed E-state index contributed by atoms with van der Waals surface area (Å²) in [5.74, 6) is 1.81. The monoisotopic (exact) mass is 290 g/mol. The molecule has 0 aliphatic heterocycles. The maximum Gasteiger partial charge on any atom is 0.106 e. The molecular weight excluding hydrogens is 268 g/mol. The summed E-state index contributed by atoms with van der Waals surface area (Å²) in [5, 5.41) is -0.147. The molecule has 1 atom stereocenters. The lowest BCUT2D eigenvalue weighted by molar-refractivity contribution is 0.501. The molecule has 20 heavy (non-hydrogen) atoms. The van der Waals surface area contributed by atoms with Crippen LogP contribution < -0.4 is 0 Å². The van der Waals surface area contributed by atoms with Crippen LogP contribution in [-0.2, 0) is 5.41 Å². The summed E-state index contributed by atoms with van der Waals surface area (Å²) in [6.45, 7) is 10.7. The molecule has 0 aliphatic carbocycles. The zero-order valence-electron chi connectivity index (χ0n) is 13.0. The molecule has 2 rings (SSSR count). The number of aryl methyl sites for hydroxylation is 2. The SMILES string of the molecule is CCC(C)(C)c1ccc(C(Cl)c2cc(C)oc2C)cc1. The van der Waals surface area contributed by atoms with Gasteiger partial charge in [0.05, 0.1) is 5.38 Å². The van der Waals surface area contributed by atoms with Gasteiger partial charge in [0, 0.05) is 5.56 Å². The first-order valence-electron chi connectivity index (χ1n) is 7.16. The largest absolute Gasteiger partial charge is 0.466 e. The zero-order valence-corrected chi connectivity index (χ0v) is 13.7. The zero-order chi connectivity index (χ0) is 14.9. The molecule has 2 heteroatoms. The van der Waals surface area contributed by atoms with E-state index in [4.69, 9.17) is 16.0 Å². The van der Waals surface area contributed by atoms with Crippen LogP contribution in [0.5, 0.6) is 0 Å². The van der Waals surface area contributed by atoms with Crippen molar-refractivity contribution in [3.63, 3.8) is 0 Å². The summed E-state index contributed by atoms with van der Waals surface area (Å²) < 4.78 is 5.57. The first kappa shape index (κ1) is 15.2. The minimum atomic E-state index is -0.147. The molecule has 0 bridgehead atoms. The van der Waals surface area contributed by atoms with Crippen molar-refractivity contribution >= 4 is 11.6 Å². The second kappa shape index (κ2) is 5.65. The van der Waals surface area contributed by atoms with Crippen molar-refractivity contribution in [1.82, 2.24) is 0 Å². The van der Waals surface area contributed by atoms with E-state index in [1.165, 1.54) is 5.56 Å². The molecule has 0 aliphatic rings. The van der Waals surface area contributed by atoms with Crippen LogP contribution in [0.25, 0.3) is 0 Å². The summed E-state index contributed by atoms with van der Waals surface area (Å²) in [5.41, 5.74) is 3.74. The Balaban J connectivity index is 2.28. The lowest BCUT2D eigenvalue weighted by atomic mass is 9.82. The normalized spacial score (nSPS) is 13.5. The second-order valence-electron chi connectivity index (χ2n) is 6.09. The van der Waals surface area contributed by atoms with Crippen molar-refractivity contribution in [3.8, 4) is 0 Å². The van der Waals surface area contributed by atoms with E-state index >= 15 is 0 Å². The van der Waals surface area contributed by atoms with Crippen molar-refractivity contribution in [2.75, 3.05) is 0 Å². The van der Waals surface area contributed by atoms with Gasteiger partial charge in [-0.2, -0.15) is 0 Å². The smallest absolute Gasteiger partial charge is 0.106 e. The standard InChI is InChI=1S/C18H23ClO/c1-6-18(4,5)15-9-7-14(8-10-15)17(19)16-11-12(2)20-13(16)3/h7-11,17H,6H2,1-5H3. The van der Waals surface area contributed by atoms with Gasteiger partial charge < -0.3 is 4.42 Å². The Morgan fingerprint density at radius 2 is 1.75 bits per heavy atom. The van der Waals surface area contributed by atoms with Crippen LogP contribution in [0.15, 0.2) is 34.7 Å². The molecular formula is C18H23ClO. The summed E-state index contributed by atoms with van der Waals surface area (Å²) >= 11 is 6.59. The average Bonchev–Trinajstić information content (AvgIpc) is 2.77. The molecule has 1 heterocycles. The van der Waals surface area contributed by atoms with Crippen LogP contribution in [0.3, 0.4) is 0 Å². The van der Waals surface area contributed by atoms with E-state index in [0.717, 1.165) is 29.1 Å². The third kappa shape index (κ3) is 2.93. The van der Waals surface area contributed by atoms with E-state index in [-0.39, 0.29) is 10.8 Å². The van der Waals surface area contributed by atoms with E-state index in [2.05, 4.69) is 45.0 Å². The van der Waals surface area contributed by atoms with Gasteiger partial charge in [0.15, 0.2) is 0 Å². The van der Waals surface area contributed by atoms with Gasteiger partial charge in [-0.1, -0.05) is 45.0 Å². The molecule has 1 aromatic carbocycles. The molecule has 1 nitrogen and oxygen atoms in total. The highest BCUT2D eigenvalue weighted by Crippen LogP contribution is 2.34. The molecule has 1 unspecified atom stereocenters. The summed E-state index contributed by atoms with van der Waals surface area (Å²) in [7, 11) is 0. The lowest BCUT2D eigenvalue weighted by Crippen LogP contribution is -2.15. The lowest BCUT2D eigenvalue weighted by Gasteiger charge is -2.23. The van der Waals surface area contributed by atoms with Crippen LogP contribution in [-0.4, -0.2) is 0 Å². The second-order valence-corrected chi connectivity index (χ2v) is 6.53. The maximum atomic E-state index is 6.59. The first-order chi connectivity index (χ1) is 9.35. The quantitative estimate of drug-likeness (QED) is 0.638. The fourth-order valence-electron chi connectivity index (χ4n) is 2.39. The van der Waals surface area contributed by atoms with E-state index in [0.29, 0.717) is 0 Å². The Labute approximate surface area is 127 Å². The van der Waals surface area contributed by atoms with Crippen molar-refractivity contribution in [2.45, 2.75) is 51.8 Å². The van der Waals surface area contributed by atoms with Crippen molar-refractivity contribution in [3.05, 3.63) is 58.5 Å². The van der Waals surface area contributed by atoms with Gasteiger partial charge in [-0.25, -0.2) is 0 Å². The molecule has 0 radical (unpaired) electrons. The number of hydrogen-bond acceptors (Lipinski definition) is 1. The molecule has 0 saturated carbocycles. The number of furan rings is 1. The summed E-state index contributed by atoms with van der Waals surface area (Å²) in [6, 6.07) is 10.7. The van der Waals surface area contributed by atoms with Gasteiger partial charge in [-0.15, -0.1) is 11.6 Å². The molecule has 108 valence electrons. The number of alkyl halides is 1. The van der Waals surface area contributed by atoms with Gasteiger partial charge >= 0.3 is 0 Å². The fraction of sp³-hybridized carbons (Fsp3) is 0.444. The predicted octanol–water partition coefficient (Wildman–Crippen LogP) is 5.91. The highest BCUT2D eigenvalue weighted by molar-refractivity contribution is 6.22. The fourth-order valence-corrected chi connectivity index (χ4v) is 2.75. The molecule has 0 N–H and O–H groups in total. The van der Waals surface area contributed by atoms with E-state index in [1.54, 1.807) is 0 Å². The topological polar surface area (TPSA) is 13.1 Å². The Morgan fingerprint density at radius 1 is 1.15 bits per heavy atom. The highest BCUT2D eigenvalue weighted by Gasteiger charge is 2.20. The molecule has 1 aromatic heterocycles. The van der Waals surface area contributed by atoms with Crippen LogP contribution in [0.1, 0.15) is 60.8 Å². The Hall–Kier alpha value is -1.21. The third-order valence-electron chi connectivity index (χ3n) is 4.22. The Kier molecular flexibility index (Phi) is 4.29. The van der Waals surface area contributed by atoms with Crippen molar-refractivity contribution in [1.29, 1.82) is 0 Å². The number of rotatable bonds is 4. The molecule has 0 saturated heterocycles. The highest BCUT2D eigenvalue weighted by atomic mass is 35.5.